The highest BCUT2D eigenvalue weighted by molar-refractivity contribution is 5.20. The summed E-state index contributed by atoms with van der Waals surface area (Å²) in [6, 6.07) is 0. The monoisotopic (exact) mass is 212 g/mol. The first-order valence-electron chi connectivity index (χ1n) is 5.95. The number of nitrogens with two attached hydrogens (primary N) is 1. The van der Waals surface area contributed by atoms with Crippen LogP contribution in [0.1, 0.15) is 26.7 Å². The summed E-state index contributed by atoms with van der Waals surface area (Å²) < 4.78 is 5.87. The lowest BCUT2D eigenvalue weighted by Gasteiger charge is -2.67. The Morgan fingerprint density at radius 1 is 1.40 bits per heavy atom. The molecule has 0 spiro atoms. The van der Waals surface area contributed by atoms with E-state index < -0.39 is 0 Å². The van der Waals surface area contributed by atoms with Crippen LogP contribution in [-0.2, 0) is 4.74 Å². The second-order valence-electron chi connectivity index (χ2n) is 6.04. The second kappa shape index (κ2) is 3.44. The first-order chi connectivity index (χ1) is 6.89. The fourth-order valence-corrected chi connectivity index (χ4v) is 3.51. The molecule has 0 aromatic rings. The zero-order valence-electron chi connectivity index (χ0n) is 10.4. The Bertz CT molecular complexity index is 252. The van der Waals surface area contributed by atoms with E-state index in [9.17, 15) is 0 Å². The molecule has 0 amide bonds. The highest BCUT2D eigenvalue weighted by Crippen LogP contribution is 2.57. The predicted molar refractivity (Wildman–Crippen MR) is 61.7 cm³/mol. The van der Waals surface area contributed by atoms with Crippen molar-refractivity contribution >= 4 is 0 Å². The molecule has 15 heavy (non-hydrogen) atoms. The Morgan fingerprint density at radius 2 is 2.07 bits per heavy atom. The van der Waals surface area contributed by atoms with E-state index in [-0.39, 0.29) is 11.0 Å². The van der Waals surface area contributed by atoms with Crippen LogP contribution in [0.3, 0.4) is 0 Å². The van der Waals surface area contributed by atoms with Crippen molar-refractivity contribution in [1.29, 1.82) is 0 Å². The van der Waals surface area contributed by atoms with Crippen LogP contribution in [0.25, 0.3) is 0 Å². The van der Waals surface area contributed by atoms with Crippen molar-refractivity contribution in [2.24, 2.45) is 17.1 Å². The van der Waals surface area contributed by atoms with E-state index in [1.54, 1.807) is 0 Å². The lowest BCUT2D eigenvalue weighted by atomic mass is 9.46. The van der Waals surface area contributed by atoms with Gasteiger partial charge in [0.05, 0.1) is 6.10 Å². The number of rotatable bonds is 2. The van der Waals surface area contributed by atoms with Gasteiger partial charge in [0, 0.05) is 30.0 Å². The first-order valence-corrected chi connectivity index (χ1v) is 5.95. The minimum Gasteiger partial charge on any atom is -0.377 e. The van der Waals surface area contributed by atoms with Gasteiger partial charge < -0.3 is 15.4 Å². The van der Waals surface area contributed by atoms with Gasteiger partial charge in [-0.05, 0) is 26.9 Å². The SMILES string of the molecule is CN(C)CC1(N)C2CCCOC2C1(C)C. The zero-order valence-corrected chi connectivity index (χ0v) is 10.4. The summed E-state index contributed by atoms with van der Waals surface area (Å²) in [7, 11) is 4.20. The molecule has 3 unspecified atom stereocenters. The third kappa shape index (κ3) is 1.44. The number of nitrogens with zero attached hydrogens (tertiary/aromatic N) is 1. The molecule has 1 saturated carbocycles. The molecule has 2 fully saturated rings. The molecule has 0 aromatic heterocycles. The van der Waals surface area contributed by atoms with Gasteiger partial charge in [0.1, 0.15) is 0 Å². The minimum absolute atomic E-state index is 0.0679. The fraction of sp³-hybridized carbons (Fsp3) is 1.00. The molecule has 2 N–H and O–H groups in total. The topological polar surface area (TPSA) is 38.5 Å². The summed E-state index contributed by atoms with van der Waals surface area (Å²) in [6.07, 6.45) is 2.79. The normalized spacial score (nSPS) is 43.6. The second-order valence-corrected chi connectivity index (χ2v) is 6.04. The lowest BCUT2D eigenvalue weighted by molar-refractivity contribution is -0.230. The Balaban J connectivity index is 2.17. The molecule has 0 radical (unpaired) electrons. The van der Waals surface area contributed by atoms with Crippen LogP contribution in [0, 0.1) is 11.3 Å². The largest absolute Gasteiger partial charge is 0.377 e. The van der Waals surface area contributed by atoms with Crippen LogP contribution in [-0.4, -0.2) is 43.8 Å². The van der Waals surface area contributed by atoms with E-state index in [0.717, 1.165) is 13.2 Å². The van der Waals surface area contributed by atoms with E-state index in [1.165, 1.54) is 12.8 Å². The van der Waals surface area contributed by atoms with Crippen LogP contribution >= 0.6 is 0 Å². The Kier molecular flexibility index (Phi) is 2.61. The molecule has 88 valence electrons. The summed E-state index contributed by atoms with van der Waals surface area (Å²) in [5, 5.41) is 0. The number of hydrogen-bond donors (Lipinski definition) is 1. The first kappa shape index (κ1) is 11.4. The smallest absolute Gasteiger partial charge is 0.0690 e. The molecule has 2 rings (SSSR count). The van der Waals surface area contributed by atoms with Crippen LogP contribution in [0.5, 0.6) is 0 Å². The zero-order chi connectivity index (χ0) is 11.3. The van der Waals surface area contributed by atoms with Crippen LogP contribution < -0.4 is 5.73 Å². The lowest BCUT2D eigenvalue weighted by Crippen LogP contribution is -2.80. The van der Waals surface area contributed by atoms with Crippen LogP contribution in [0.15, 0.2) is 0 Å². The van der Waals surface area contributed by atoms with Crippen molar-refractivity contribution in [1.82, 2.24) is 4.90 Å². The summed E-state index contributed by atoms with van der Waals surface area (Å²) in [5.74, 6) is 0.559. The van der Waals surface area contributed by atoms with Gasteiger partial charge >= 0.3 is 0 Å². The fourth-order valence-electron chi connectivity index (χ4n) is 3.51. The standard InChI is InChI=1S/C12H24N2O/c1-11(2)10-9(6-5-7-15-10)12(11,13)8-14(3)4/h9-10H,5-8,13H2,1-4H3. The molecular weight excluding hydrogens is 188 g/mol. The van der Waals surface area contributed by atoms with Gasteiger partial charge in [-0.15, -0.1) is 0 Å². The third-order valence-corrected chi connectivity index (χ3v) is 4.47. The molecular formula is C12H24N2O. The van der Waals surface area contributed by atoms with E-state index >= 15 is 0 Å². The number of hydrogen-bond acceptors (Lipinski definition) is 3. The molecule has 1 saturated heterocycles. The highest BCUT2D eigenvalue weighted by Gasteiger charge is 2.66. The molecule has 3 atom stereocenters. The minimum atomic E-state index is -0.0679. The average Bonchev–Trinajstić information content (AvgIpc) is 2.16. The number of likely N-dealkylation sites (N-methyl/N-ethyl adjacent to an activating group) is 1. The maximum Gasteiger partial charge on any atom is 0.0690 e. The molecule has 1 heterocycles. The molecule has 0 bridgehead atoms. The third-order valence-electron chi connectivity index (χ3n) is 4.47. The Hall–Kier alpha value is -0.120. The van der Waals surface area contributed by atoms with Gasteiger partial charge in [-0.2, -0.15) is 0 Å². The van der Waals surface area contributed by atoms with Crippen molar-refractivity contribution in [2.75, 3.05) is 27.2 Å². The molecule has 0 aromatic carbocycles. The molecule has 1 aliphatic heterocycles. The van der Waals surface area contributed by atoms with Gasteiger partial charge in [-0.1, -0.05) is 13.8 Å². The summed E-state index contributed by atoms with van der Waals surface area (Å²) in [4.78, 5) is 2.20. The van der Waals surface area contributed by atoms with Gasteiger partial charge in [-0.3, -0.25) is 0 Å². The van der Waals surface area contributed by atoms with Crippen molar-refractivity contribution in [3.8, 4) is 0 Å². The number of fused-ring (bicyclic) bond motifs is 1. The maximum absolute atomic E-state index is 6.61. The average molecular weight is 212 g/mol. The predicted octanol–water partition coefficient (Wildman–Crippen LogP) is 1.08. The quantitative estimate of drug-likeness (QED) is 0.744. The van der Waals surface area contributed by atoms with Gasteiger partial charge in [0.15, 0.2) is 0 Å². The van der Waals surface area contributed by atoms with Crippen LogP contribution in [0.4, 0.5) is 0 Å². The highest BCUT2D eigenvalue weighted by atomic mass is 16.5. The summed E-state index contributed by atoms with van der Waals surface area (Å²) >= 11 is 0. The molecule has 3 heteroatoms. The van der Waals surface area contributed by atoms with Crippen molar-refractivity contribution in [3.05, 3.63) is 0 Å². The molecule has 3 nitrogen and oxygen atoms in total. The summed E-state index contributed by atoms with van der Waals surface area (Å²) in [6.45, 7) is 6.39. The van der Waals surface area contributed by atoms with Gasteiger partial charge in [0.2, 0.25) is 0 Å². The maximum atomic E-state index is 6.61. The van der Waals surface area contributed by atoms with E-state index in [1.807, 2.05) is 0 Å². The molecule has 1 aliphatic carbocycles. The Labute approximate surface area is 93.0 Å². The van der Waals surface area contributed by atoms with E-state index in [4.69, 9.17) is 10.5 Å². The van der Waals surface area contributed by atoms with Crippen LogP contribution in [0.2, 0.25) is 0 Å². The molecule has 2 aliphatic rings. The van der Waals surface area contributed by atoms with Crippen molar-refractivity contribution in [2.45, 2.75) is 38.3 Å². The van der Waals surface area contributed by atoms with E-state index in [0.29, 0.717) is 12.0 Å². The van der Waals surface area contributed by atoms with Crippen molar-refractivity contribution in [3.63, 3.8) is 0 Å². The Morgan fingerprint density at radius 3 is 2.67 bits per heavy atom. The van der Waals surface area contributed by atoms with Gasteiger partial charge in [0.25, 0.3) is 0 Å². The van der Waals surface area contributed by atoms with Crippen molar-refractivity contribution < 1.29 is 4.74 Å². The summed E-state index contributed by atoms with van der Waals surface area (Å²) in [5.41, 5.74) is 6.66. The van der Waals surface area contributed by atoms with E-state index in [2.05, 4.69) is 32.8 Å². The number of ether oxygens (including phenoxy) is 1. The van der Waals surface area contributed by atoms with Gasteiger partial charge in [-0.25, -0.2) is 0 Å².